The van der Waals surface area contributed by atoms with E-state index in [1.165, 1.54) is 12.1 Å². The molecule has 0 spiro atoms. The fraction of sp³-hybridized carbons (Fsp3) is 0.278. The SMILES string of the molecule is O=C(NOC1CCN(S(=O)(=O)c2cccc(C(F)(F)F)c2)C1)c1ccc(F)cc1. The first-order chi connectivity index (χ1) is 13.6. The Bertz CT molecular complexity index is 994. The number of hydroxylamine groups is 1. The summed E-state index contributed by atoms with van der Waals surface area (Å²) in [4.78, 5) is 16.7. The third kappa shape index (κ3) is 4.92. The van der Waals surface area contributed by atoms with E-state index in [2.05, 4.69) is 5.48 Å². The van der Waals surface area contributed by atoms with Crippen LogP contribution in [0.3, 0.4) is 0 Å². The fourth-order valence-corrected chi connectivity index (χ4v) is 4.32. The van der Waals surface area contributed by atoms with E-state index in [0.717, 1.165) is 34.6 Å². The van der Waals surface area contributed by atoms with Crippen LogP contribution in [0.2, 0.25) is 0 Å². The minimum atomic E-state index is -4.66. The van der Waals surface area contributed by atoms with Crippen molar-refractivity contribution in [3.8, 4) is 0 Å². The van der Waals surface area contributed by atoms with Gasteiger partial charge in [0.25, 0.3) is 5.91 Å². The van der Waals surface area contributed by atoms with Crippen LogP contribution in [0.4, 0.5) is 17.6 Å². The highest BCUT2D eigenvalue weighted by molar-refractivity contribution is 7.89. The molecule has 1 N–H and O–H groups in total. The first-order valence-electron chi connectivity index (χ1n) is 8.46. The summed E-state index contributed by atoms with van der Waals surface area (Å²) >= 11 is 0. The molecular formula is C18H16F4N2O4S. The summed E-state index contributed by atoms with van der Waals surface area (Å²) in [7, 11) is -4.15. The van der Waals surface area contributed by atoms with Gasteiger partial charge in [0.15, 0.2) is 0 Å². The Labute approximate surface area is 164 Å². The topological polar surface area (TPSA) is 75.7 Å². The molecule has 0 bridgehead atoms. The van der Waals surface area contributed by atoms with Crippen molar-refractivity contribution >= 4 is 15.9 Å². The molecular weight excluding hydrogens is 416 g/mol. The zero-order valence-corrected chi connectivity index (χ0v) is 15.6. The largest absolute Gasteiger partial charge is 0.416 e. The maximum atomic E-state index is 12.9. The fourth-order valence-electron chi connectivity index (χ4n) is 2.79. The van der Waals surface area contributed by atoms with Crippen LogP contribution >= 0.6 is 0 Å². The van der Waals surface area contributed by atoms with E-state index in [1.807, 2.05) is 0 Å². The summed E-state index contributed by atoms with van der Waals surface area (Å²) in [6.07, 6.45) is -5.10. The molecule has 1 fully saturated rings. The number of carbonyl (C=O) groups is 1. The smallest absolute Gasteiger partial charge is 0.269 e. The van der Waals surface area contributed by atoms with Crippen molar-refractivity contribution in [3.05, 3.63) is 65.5 Å². The third-order valence-electron chi connectivity index (χ3n) is 4.33. The molecule has 0 radical (unpaired) electrons. The van der Waals surface area contributed by atoms with Gasteiger partial charge in [0.1, 0.15) is 11.9 Å². The molecule has 0 saturated carbocycles. The van der Waals surface area contributed by atoms with Gasteiger partial charge in [-0.25, -0.2) is 18.3 Å². The Balaban J connectivity index is 1.62. The summed E-state index contributed by atoms with van der Waals surface area (Å²) in [5.41, 5.74) is 1.26. The third-order valence-corrected chi connectivity index (χ3v) is 6.19. The van der Waals surface area contributed by atoms with Crippen molar-refractivity contribution < 1.29 is 35.6 Å². The molecule has 2 aromatic carbocycles. The number of nitrogens with one attached hydrogen (secondary N) is 1. The number of sulfonamides is 1. The summed E-state index contributed by atoms with van der Waals surface area (Å²) < 4.78 is 77.7. The van der Waals surface area contributed by atoms with Crippen LogP contribution in [0.1, 0.15) is 22.3 Å². The molecule has 1 heterocycles. The van der Waals surface area contributed by atoms with Gasteiger partial charge in [0.2, 0.25) is 10.0 Å². The first kappa shape index (κ1) is 21.2. The second kappa shape index (κ2) is 8.09. The number of hydrogen-bond acceptors (Lipinski definition) is 4. The molecule has 1 aliphatic rings. The van der Waals surface area contributed by atoms with Crippen LogP contribution in [0.15, 0.2) is 53.4 Å². The van der Waals surface area contributed by atoms with E-state index in [1.54, 1.807) is 0 Å². The quantitative estimate of drug-likeness (QED) is 0.582. The molecule has 156 valence electrons. The highest BCUT2D eigenvalue weighted by Gasteiger charge is 2.36. The van der Waals surface area contributed by atoms with E-state index in [0.29, 0.717) is 6.07 Å². The lowest BCUT2D eigenvalue weighted by atomic mass is 10.2. The Morgan fingerprint density at radius 1 is 1.14 bits per heavy atom. The van der Waals surface area contributed by atoms with Gasteiger partial charge in [0.05, 0.1) is 10.5 Å². The molecule has 0 aromatic heterocycles. The molecule has 3 rings (SSSR count). The highest BCUT2D eigenvalue weighted by atomic mass is 32.2. The van der Waals surface area contributed by atoms with Gasteiger partial charge in [-0.2, -0.15) is 17.5 Å². The van der Waals surface area contributed by atoms with E-state index in [4.69, 9.17) is 4.84 Å². The van der Waals surface area contributed by atoms with Crippen LogP contribution in [0, 0.1) is 5.82 Å². The number of rotatable bonds is 5. The van der Waals surface area contributed by atoms with Crippen molar-refractivity contribution in [2.75, 3.05) is 13.1 Å². The molecule has 11 heteroatoms. The minimum absolute atomic E-state index is 0.0235. The number of nitrogens with zero attached hydrogens (tertiary/aromatic N) is 1. The molecule has 1 amide bonds. The maximum Gasteiger partial charge on any atom is 0.416 e. The van der Waals surface area contributed by atoms with Crippen LogP contribution in [0.5, 0.6) is 0 Å². The van der Waals surface area contributed by atoms with E-state index in [9.17, 15) is 30.8 Å². The first-order valence-corrected chi connectivity index (χ1v) is 9.90. The predicted octanol–water partition coefficient (Wildman–Crippen LogP) is 2.97. The number of hydrogen-bond donors (Lipinski definition) is 1. The molecule has 1 aliphatic heterocycles. The Morgan fingerprint density at radius 3 is 2.48 bits per heavy atom. The van der Waals surface area contributed by atoms with E-state index in [-0.39, 0.29) is 25.1 Å². The summed E-state index contributed by atoms with van der Waals surface area (Å²) in [5.74, 6) is -1.14. The molecule has 29 heavy (non-hydrogen) atoms. The normalized spacial score (nSPS) is 18.0. The van der Waals surface area contributed by atoms with Crippen molar-refractivity contribution in [1.82, 2.24) is 9.79 Å². The van der Waals surface area contributed by atoms with Crippen LogP contribution in [0.25, 0.3) is 0 Å². The standard InChI is InChI=1S/C18H16F4N2O4S/c19-14-6-4-12(5-7-14)17(25)23-28-15-8-9-24(11-15)29(26,27)16-3-1-2-13(10-16)18(20,21)22/h1-7,10,15H,8-9,11H2,(H,23,25). The number of amides is 1. The summed E-state index contributed by atoms with van der Waals surface area (Å²) in [6.45, 7) is -0.113. The van der Waals surface area contributed by atoms with Gasteiger partial charge in [-0.05, 0) is 48.9 Å². The number of carbonyl (C=O) groups excluding carboxylic acids is 1. The van der Waals surface area contributed by atoms with Crippen LogP contribution < -0.4 is 5.48 Å². The average molecular weight is 432 g/mol. The Morgan fingerprint density at radius 2 is 1.83 bits per heavy atom. The molecule has 2 aromatic rings. The van der Waals surface area contributed by atoms with Crippen molar-refractivity contribution in [2.24, 2.45) is 0 Å². The van der Waals surface area contributed by atoms with Gasteiger partial charge < -0.3 is 0 Å². The van der Waals surface area contributed by atoms with Crippen molar-refractivity contribution in [1.29, 1.82) is 0 Å². The predicted molar refractivity (Wildman–Crippen MR) is 93.6 cm³/mol. The zero-order valence-electron chi connectivity index (χ0n) is 14.8. The number of benzene rings is 2. The lowest BCUT2D eigenvalue weighted by molar-refractivity contribution is -0.137. The van der Waals surface area contributed by atoms with E-state index >= 15 is 0 Å². The van der Waals surface area contributed by atoms with Crippen LogP contribution in [-0.4, -0.2) is 37.8 Å². The minimum Gasteiger partial charge on any atom is -0.269 e. The average Bonchev–Trinajstić information content (AvgIpc) is 3.16. The lowest BCUT2D eigenvalue weighted by Gasteiger charge is -2.17. The monoisotopic (exact) mass is 432 g/mol. The van der Waals surface area contributed by atoms with Gasteiger partial charge >= 0.3 is 6.18 Å². The molecule has 1 unspecified atom stereocenters. The Hall–Kier alpha value is -2.50. The van der Waals surface area contributed by atoms with E-state index < -0.39 is 44.5 Å². The zero-order chi connectivity index (χ0) is 21.2. The van der Waals surface area contributed by atoms with Crippen molar-refractivity contribution in [3.63, 3.8) is 0 Å². The van der Waals surface area contributed by atoms with Crippen LogP contribution in [-0.2, 0) is 21.0 Å². The van der Waals surface area contributed by atoms with Gasteiger partial charge in [-0.1, -0.05) is 6.07 Å². The highest BCUT2D eigenvalue weighted by Crippen LogP contribution is 2.31. The summed E-state index contributed by atoms with van der Waals surface area (Å²) in [6, 6.07) is 8.22. The Kier molecular flexibility index (Phi) is 5.92. The molecule has 6 nitrogen and oxygen atoms in total. The molecule has 0 aliphatic carbocycles. The van der Waals surface area contributed by atoms with Gasteiger partial charge in [-0.3, -0.25) is 9.63 Å². The number of halogens is 4. The second-order valence-corrected chi connectivity index (χ2v) is 8.29. The molecule has 1 saturated heterocycles. The maximum absolute atomic E-state index is 12.9. The second-order valence-electron chi connectivity index (χ2n) is 6.36. The lowest BCUT2D eigenvalue weighted by Crippen LogP contribution is -2.34. The van der Waals surface area contributed by atoms with Crippen molar-refractivity contribution in [2.45, 2.75) is 23.6 Å². The summed E-state index contributed by atoms with van der Waals surface area (Å²) in [5, 5.41) is 0. The molecule has 1 atom stereocenters. The number of alkyl halides is 3. The van der Waals surface area contributed by atoms with Gasteiger partial charge in [0, 0.05) is 18.7 Å². The van der Waals surface area contributed by atoms with Gasteiger partial charge in [-0.15, -0.1) is 0 Å².